The fraction of sp³-hybridized carbons (Fsp3) is 0.385. The molecule has 19 heavy (non-hydrogen) atoms. The Morgan fingerprint density at radius 3 is 3.05 bits per heavy atom. The zero-order valence-electron chi connectivity index (χ0n) is 11.0. The van der Waals surface area contributed by atoms with Crippen molar-refractivity contribution in [3.8, 4) is 0 Å². The van der Waals surface area contributed by atoms with Crippen LogP contribution < -0.4 is 0 Å². The molecule has 0 aromatic carbocycles. The number of hydrogen-bond donors (Lipinski definition) is 0. The fourth-order valence-electron chi connectivity index (χ4n) is 1.53. The lowest BCUT2D eigenvalue weighted by molar-refractivity contribution is -0.127. The van der Waals surface area contributed by atoms with Crippen molar-refractivity contribution in [1.29, 1.82) is 0 Å². The molecular weight excluding hydrogens is 280 g/mol. The molecule has 0 N–H and O–H groups in total. The van der Waals surface area contributed by atoms with Gasteiger partial charge in [0.15, 0.2) is 0 Å². The molecule has 2 heterocycles. The van der Waals surface area contributed by atoms with Gasteiger partial charge in [-0.1, -0.05) is 0 Å². The van der Waals surface area contributed by atoms with Gasteiger partial charge in [0, 0.05) is 23.9 Å². The Labute approximate surface area is 120 Å². The first kappa shape index (κ1) is 14.1. The summed E-state index contributed by atoms with van der Waals surface area (Å²) in [4.78, 5) is 19.1. The Morgan fingerprint density at radius 1 is 1.58 bits per heavy atom. The van der Waals surface area contributed by atoms with Crippen molar-refractivity contribution in [2.24, 2.45) is 0 Å². The topological polar surface area (TPSA) is 46.3 Å². The highest BCUT2D eigenvalue weighted by Crippen LogP contribution is 2.18. The van der Waals surface area contributed by atoms with E-state index in [1.807, 2.05) is 25.3 Å². The molecule has 2 rings (SSSR count). The summed E-state index contributed by atoms with van der Waals surface area (Å²) in [6, 6.07) is 3.70. The summed E-state index contributed by atoms with van der Waals surface area (Å²) in [6.45, 7) is 2.55. The maximum absolute atomic E-state index is 11.9. The lowest BCUT2D eigenvalue weighted by Gasteiger charge is -2.15. The Morgan fingerprint density at radius 2 is 2.42 bits per heavy atom. The van der Waals surface area contributed by atoms with Crippen LogP contribution in [0.3, 0.4) is 0 Å². The number of aromatic nitrogens is 1. The number of furan rings is 1. The summed E-state index contributed by atoms with van der Waals surface area (Å²) < 4.78 is 5.22. The van der Waals surface area contributed by atoms with E-state index in [2.05, 4.69) is 4.98 Å². The first-order valence-electron chi connectivity index (χ1n) is 5.90. The highest BCUT2D eigenvalue weighted by Gasteiger charge is 2.11. The van der Waals surface area contributed by atoms with E-state index in [-0.39, 0.29) is 5.91 Å². The predicted octanol–water partition coefficient (Wildman–Crippen LogP) is 2.94. The van der Waals surface area contributed by atoms with Crippen LogP contribution in [-0.4, -0.2) is 28.6 Å². The van der Waals surface area contributed by atoms with E-state index in [1.54, 1.807) is 41.3 Å². The summed E-state index contributed by atoms with van der Waals surface area (Å²) >= 11 is 3.27. The second kappa shape index (κ2) is 6.77. The number of nitrogens with zero attached hydrogens (tertiary/aromatic N) is 2. The van der Waals surface area contributed by atoms with Crippen molar-refractivity contribution in [1.82, 2.24) is 9.88 Å². The van der Waals surface area contributed by atoms with Crippen molar-refractivity contribution in [2.75, 3.05) is 12.8 Å². The van der Waals surface area contributed by atoms with Crippen molar-refractivity contribution in [3.63, 3.8) is 0 Å². The van der Waals surface area contributed by atoms with E-state index in [9.17, 15) is 4.79 Å². The second-order valence-electron chi connectivity index (χ2n) is 4.19. The van der Waals surface area contributed by atoms with Crippen LogP contribution in [0.5, 0.6) is 0 Å². The van der Waals surface area contributed by atoms with E-state index < -0.39 is 0 Å². The first-order valence-corrected chi connectivity index (χ1v) is 7.87. The van der Waals surface area contributed by atoms with Gasteiger partial charge in [-0.15, -0.1) is 23.1 Å². The van der Waals surface area contributed by atoms with Crippen LogP contribution >= 0.6 is 23.1 Å². The molecule has 0 saturated carbocycles. The van der Waals surface area contributed by atoms with Crippen LogP contribution in [-0.2, 0) is 17.1 Å². The molecular formula is C13H16N2O2S2. The normalized spacial score (nSPS) is 10.6. The van der Waals surface area contributed by atoms with Crippen LogP contribution in [0.1, 0.15) is 15.6 Å². The van der Waals surface area contributed by atoms with Crippen LogP contribution in [0.25, 0.3) is 0 Å². The fourth-order valence-corrected chi connectivity index (χ4v) is 3.34. The highest BCUT2D eigenvalue weighted by atomic mass is 32.2. The molecule has 6 heteroatoms. The number of hydrogen-bond acceptors (Lipinski definition) is 5. The summed E-state index contributed by atoms with van der Waals surface area (Å²) in [5, 5.41) is 1.07. The van der Waals surface area contributed by atoms with Gasteiger partial charge in [0.05, 0.1) is 18.6 Å². The van der Waals surface area contributed by atoms with Gasteiger partial charge < -0.3 is 9.32 Å². The van der Waals surface area contributed by atoms with Crippen molar-refractivity contribution >= 4 is 29.0 Å². The Balaban J connectivity index is 1.71. The molecule has 2 aromatic rings. The molecule has 0 bridgehead atoms. The Hall–Kier alpha value is -1.27. The quantitative estimate of drug-likeness (QED) is 0.822. The smallest absolute Gasteiger partial charge is 0.232 e. The molecule has 0 fully saturated rings. The highest BCUT2D eigenvalue weighted by molar-refractivity contribution is 7.99. The molecule has 1 amide bonds. The first-order chi connectivity index (χ1) is 9.15. The Bertz CT molecular complexity index is 522. The summed E-state index contributed by atoms with van der Waals surface area (Å²) in [5.74, 6) is 2.17. The third kappa shape index (κ3) is 4.40. The second-order valence-corrected chi connectivity index (χ2v) is 6.49. The Kier molecular flexibility index (Phi) is 5.04. The molecule has 102 valence electrons. The average molecular weight is 296 g/mol. The van der Waals surface area contributed by atoms with Gasteiger partial charge in [-0.25, -0.2) is 4.98 Å². The van der Waals surface area contributed by atoms with Crippen LogP contribution in [0, 0.1) is 6.92 Å². The molecule has 0 spiro atoms. The molecule has 2 aromatic heterocycles. The van der Waals surface area contributed by atoms with Gasteiger partial charge in [0.1, 0.15) is 10.8 Å². The number of thioether (sulfide) groups is 1. The van der Waals surface area contributed by atoms with Crippen LogP contribution in [0.4, 0.5) is 0 Å². The molecule has 0 aliphatic heterocycles. The minimum atomic E-state index is 0.106. The number of carbonyl (C=O) groups is 1. The number of thiazole rings is 1. The molecule has 0 radical (unpaired) electrons. The standard InChI is InChI=1S/C13H16N2O2S2/c1-10-6-14-12(19-10)8-18-9-13(16)15(2)7-11-4-3-5-17-11/h3-6H,7-9H2,1-2H3. The molecule has 0 aliphatic rings. The van der Waals surface area contributed by atoms with Crippen molar-refractivity contribution < 1.29 is 9.21 Å². The number of aryl methyl sites for hydroxylation is 1. The van der Waals surface area contributed by atoms with E-state index in [1.165, 1.54) is 4.88 Å². The van der Waals surface area contributed by atoms with E-state index in [0.717, 1.165) is 16.5 Å². The van der Waals surface area contributed by atoms with E-state index in [4.69, 9.17) is 4.42 Å². The van der Waals surface area contributed by atoms with Gasteiger partial charge in [-0.05, 0) is 19.1 Å². The van der Waals surface area contributed by atoms with Crippen LogP contribution in [0.15, 0.2) is 29.0 Å². The molecule has 0 atom stereocenters. The SMILES string of the molecule is Cc1cnc(CSCC(=O)N(C)Cc2ccco2)s1. The monoisotopic (exact) mass is 296 g/mol. The van der Waals surface area contributed by atoms with Crippen molar-refractivity contribution in [2.45, 2.75) is 19.2 Å². The maximum Gasteiger partial charge on any atom is 0.232 e. The largest absolute Gasteiger partial charge is 0.467 e. The van der Waals surface area contributed by atoms with Gasteiger partial charge in [0.2, 0.25) is 5.91 Å². The summed E-state index contributed by atoms with van der Waals surface area (Å²) in [5.41, 5.74) is 0. The van der Waals surface area contributed by atoms with Gasteiger partial charge in [-0.2, -0.15) is 0 Å². The lowest BCUT2D eigenvalue weighted by Crippen LogP contribution is -2.27. The van der Waals surface area contributed by atoms with Crippen LogP contribution in [0.2, 0.25) is 0 Å². The van der Waals surface area contributed by atoms with E-state index in [0.29, 0.717) is 12.3 Å². The van der Waals surface area contributed by atoms with Crippen molar-refractivity contribution in [3.05, 3.63) is 40.2 Å². The zero-order chi connectivity index (χ0) is 13.7. The number of carbonyl (C=O) groups excluding carboxylic acids is 1. The molecule has 0 aliphatic carbocycles. The van der Waals surface area contributed by atoms with E-state index >= 15 is 0 Å². The van der Waals surface area contributed by atoms with Gasteiger partial charge in [0.25, 0.3) is 0 Å². The average Bonchev–Trinajstić information content (AvgIpc) is 3.01. The zero-order valence-corrected chi connectivity index (χ0v) is 12.6. The third-order valence-electron chi connectivity index (χ3n) is 2.52. The minimum absolute atomic E-state index is 0.106. The summed E-state index contributed by atoms with van der Waals surface area (Å²) in [7, 11) is 1.79. The number of amides is 1. The van der Waals surface area contributed by atoms with Gasteiger partial charge in [-0.3, -0.25) is 4.79 Å². The molecule has 0 saturated heterocycles. The third-order valence-corrected chi connectivity index (χ3v) is 4.54. The maximum atomic E-state index is 11.9. The minimum Gasteiger partial charge on any atom is -0.467 e. The summed E-state index contributed by atoms with van der Waals surface area (Å²) in [6.07, 6.45) is 3.48. The van der Waals surface area contributed by atoms with Gasteiger partial charge >= 0.3 is 0 Å². The molecule has 0 unspecified atom stereocenters. The lowest BCUT2D eigenvalue weighted by atomic mass is 10.4. The number of rotatable bonds is 6. The molecule has 4 nitrogen and oxygen atoms in total. The predicted molar refractivity (Wildman–Crippen MR) is 78.2 cm³/mol.